The molecule has 6 nitrogen and oxygen atoms in total. The summed E-state index contributed by atoms with van der Waals surface area (Å²) < 4.78 is 5.23. The van der Waals surface area contributed by atoms with Crippen LogP contribution in [0.3, 0.4) is 0 Å². The number of nitrogens with zero attached hydrogens (tertiary/aromatic N) is 1. The zero-order chi connectivity index (χ0) is 14.4. The molecule has 0 radical (unpaired) electrons. The van der Waals surface area contributed by atoms with Crippen LogP contribution in [0.15, 0.2) is 28.2 Å². The lowest BCUT2D eigenvalue weighted by atomic mass is 10.3. The summed E-state index contributed by atoms with van der Waals surface area (Å²) in [6, 6.07) is 3.60. The maximum Gasteiger partial charge on any atom is 0.303 e. The molecule has 0 aromatic carbocycles. The molecule has 0 bridgehead atoms. The predicted octanol–water partition coefficient (Wildman–Crippen LogP) is 1.93. The molecule has 106 valence electrons. The average Bonchev–Trinajstić information content (AvgIpc) is 3.04. The summed E-state index contributed by atoms with van der Waals surface area (Å²) >= 11 is 1.42. The summed E-state index contributed by atoms with van der Waals surface area (Å²) in [5.41, 5.74) is 0.678. The van der Waals surface area contributed by atoms with E-state index < -0.39 is 5.97 Å². The summed E-state index contributed by atoms with van der Waals surface area (Å²) in [6.45, 7) is 0.361. The molecule has 2 heterocycles. The minimum atomic E-state index is -0.859. The number of carbonyl (C=O) groups excluding carboxylic acids is 1. The monoisotopic (exact) mass is 294 g/mol. The number of hydrogen-bond donors (Lipinski definition) is 2. The van der Waals surface area contributed by atoms with Gasteiger partial charge in [-0.05, 0) is 18.6 Å². The van der Waals surface area contributed by atoms with E-state index in [1.807, 2.05) is 11.4 Å². The molecule has 0 aliphatic heterocycles. The number of carbonyl (C=O) groups is 2. The van der Waals surface area contributed by atoms with Crippen molar-refractivity contribution in [2.24, 2.45) is 0 Å². The van der Waals surface area contributed by atoms with Gasteiger partial charge in [0.15, 0.2) is 10.8 Å². The van der Waals surface area contributed by atoms with E-state index >= 15 is 0 Å². The topological polar surface area (TPSA) is 92.4 Å². The van der Waals surface area contributed by atoms with Crippen LogP contribution in [0.2, 0.25) is 0 Å². The molecule has 0 saturated carbocycles. The molecule has 0 atom stereocenters. The van der Waals surface area contributed by atoms with Crippen LogP contribution in [0.25, 0.3) is 10.8 Å². The molecule has 0 saturated heterocycles. The summed E-state index contributed by atoms with van der Waals surface area (Å²) in [7, 11) is 0. The predicted molar refractivity (Wildman–Crippen MR) is 73.4 cm³/mol. The van der Waals surface area contributed by atoms with Crippen molar-refractivity contribution in [3.8, 4) is 10.8 Å². The fraction of sp³-hybridized carbons (Fsp3) is 0.308. The van der Waals surface area contributed by atoms with Gasteiger partial charge in [0.05, 0.1) is 18.4 Å². The molecule has 0 unspecified atom stereocenters. The second kappa shape index (κ2) is 6.85. The van der Waals surface area contributed by atoms with Gasteiger partial charge in [-0.25, -0.2) is 4.98 Å². The molecule has 1 amide bonds. The largest absolute Gasteiger partial charge is 0.481 e. The molecule has 20 heavy (non-hydrogen) atoms. The first-order valence-electron chi connectivity index (χ1n) is 6.12. The Bertz CT molecular complexity index is 577. The maximum atomic E-state index is 11.6. The van der Waals surface area contributed by atoms with Crippen molar-refractivity contribution >= 4 is 23.2 Å². The molecule has 0 aliphatic rings. The van der Waals surface area contributed by atoms with Gasteiger partial charge in [-0.15, -0.1) is 11.3 Å². The molecule has 2 aromatic heterocycles. The number of carboxylic acid groups (broad SMARTS) is 1. The molecule has 2 rings (SSSR count). The van der Waals surface area contributed by atoms with Gasteiger partial charge in [0, 0.05) is 18.3 Å². The van der Waals surface area contributed by atoms with Gasteiger partial charge >= 0.3 is 5.97 Å². The van der Waals surface area contributed by atoms with Gasteiger partial charge in [-0.2, -0.15) is 0 Å². The smallest absolute Gasteiger partial charge is 0.303 e. The Labute approximate surface area is 119 Å². The first-order chi connectivity index (χ1) is 9.65. The van der Waals surface area contributed by atoms with Crippen LogP contribution in [-0.2, 0) is 16.0 Å². The second-order valence-electron chi connectivity index (χ2n) is 4.15. The number of aromatic nitrogens is 1. The van der Waals surface area contributed by atoms with E-state index in [1.54, 1.807) is 12.3 Å². The Morgan fingerprint density at radius 1 is 1.45 bits per heavy atom. The van der Waals surface area contributed by atoms with Crippen LogP contribution in [0.4, 0.5) is 0 Å². The molecule has 2 N–H and O–H groups in total. The van der Waals surface area contributed by atoms with E-state index in [4.69, 9.17) is 9.52 Å². The van der Waals surface area contributed by atoms with Crippen LogP contribution >= 0.6 is 11.3 Å². The van der Waals surface area contributed by atoms with Crippen LogP contribution in [-0.4, -0.2) is 28.5 Å². The number of hydrogen-bond acceptors (Lipinski definition) is 5. The molecular formula is C13H14N2O4S. The van der Waals surface area contributed by atoms with Crippen molar-refractivity contribution in [2.75, 3.05) is 6.54 Å². The van der Waals surface area contributed by atoms with Crippen molar-refractivity contribution in [3.63, 3.8) is 0 Å². The molecule has 0 aliphatic carbocycles. The third kappa shape index (κ3) is 4.20. The van der Waals surface area contributed by atoms with Crippen molar-refractivity contribution < 1.29 is 19.1 Å². The lowest BCUT2D eigenvalue weighted by molar-refractivity contribution is -0.137. The van der Waals surface area contributed by atoms with E-state index in [1.165, 1.54) is 11.3 Å². The fourth-order valence-corrected chi connectivity index (χ4v) is 2.38. The van der Waals surface area contributed by atoms with E-state index in [-0.39, 0.29) is 18.7 Å². The summed E-state index contributed by atoms with van der Waals surface area (Å²) in [5.74, 6) is -0.336. The summed E-state index contributed by atoms with van der Waals surface area (Å²) in [4.78, 5) is 26.3. The SMILES string of the molecule is O=C(O)CCCNC(=O)Cc1csc(-c2ccco2)n1. The quantitative estimate of drug-likeness (QED) is 0.761. The average molecular weight is 294 g/mol. The summed E-state index contributed by atoms with van der Waals surface area (Å²) in [5, 5.41) is 13.7. The highest BCUT2D eigenvalue weighted by Crippen LogP contribution is 2.23. The number of amides is 1. The second-order valence-corrected chi connectivity index (χ2v) is 5.00. The third-order valence-electron chi connectivity index (χ3n) is 2.51. The van der Waals surface area contributed by atoms with Crippen LogP contribution in [0.5, 0.6) is 0 Å². The highest BCUT2D eigenvalue weighted by atomic mass is 32.1. The van der Waals surface area contributed by atoms with Gasteiger partial charge in [0.25, 0.3) is 0 Å². The summed E-state index contributed by atoms with van der Waals surface area (Å²) in [6.07, 6.45) is 2.24. The lowest BCUT2D eigenvalue weighted by Crippen LogP contribution is -2.26. The Morgan fingerprint density at radius 2 is 2.30 bits per heavy atom. The standard InChI is InChI=1S/C13H14N2O4S/c16-11(14-5-1-4-12(17)18)7-9-8-20-13(15-9)10-3-2-6-19-10/h2-3,6,8H,1,4-5,7H2,(H,14,16)(H,17,18). The zero-order valence-corrected chi connectivity index (χ0v) is 11.5. The molecule has 7 heteroatoms. The van der Waals surface area contributed by atoms with E-state index in [0.29, 0.717) is 24.4 Å². The van der Waals surface area contributed by atoms with Crippen LogP contribution in [0.1, 0.15) is 18.5 Å². The fourth-order valence-electron chi connectivity index (χ4n) is 1.60. The Kier molecular flexibility index (Phi) is 4.89. The molecule has 0 spiro atoms. The van der Waals surface area contributed by atoms with Gasteiger partial charge < -0.3 is 14.8 Å². The Hall–Kier alpha value is -2.15. The van der Waals surface area contributed by atoms with Crippen LogP contribution in [0, 0.1) is 0 Å². The number of rotatable bonds is 7. The molecule has 2 aromatic rings. The number of nitrogens with one attached hydrogen (secondary N) is 1. The number of aliphatic carboxylic acids is 1. The van der Waals surface area contributed by atoms with Gasteiger partial charge in [-0.3, -0.25) is 9.59 Å². The normalized spacial score (nSPS) is 10.4. The molecule has 0 fully saturated rings. The van der Waals surface area contributed by atoms with E-state index in [0.717, 1.165) is 5.01 Å². The molecular weight excluding hydrogens is 280 g/mol. The van der Waals surface area contributed by atoms with Gasteiger partial charge in [0.2, 0.25) is 5.91 Å². The highest BCUT2D eigenvalue weighted by Gasteiger charge is 2.10. The minimum Gasteiger partial charge on any atom is -0.481 e. The van der Waals surface area contributed by atoms with E-state index in [9.17, 15) is 9.59 Å². The third-order valence-corrected chi connectivity index (χ3v) is 3.42. The number of carboxylic acids is 1. The Morgan fingerprint density at radius 3 is 3.00 bits per heavy atom. The van der Waals surface area contributed by atoms with Crippen molar-refractivity contribution in [3.05, 3.63) is 29.5 Å². The maximum absolute atomic E-state index is 11.6. The highest BCUT2D eigenvalue weighted by molar-refractivity contribution is 7.13. The van der Waals surface area contributed by atoms with Crippen LogP contribution < -0.4 is 5.32 Å². The first kappa shape index (κ1) is 14.3. The first-order valence-corrected chi connectivity index (χ1v) is 7.00. The minimum absolute atomic E-state index is 0.0552. The van der Waals surface area contributed by atoms with Gasteiger partial charge in [0.1, 0.15) is 0 Å². The van der Waals surface area contributed by atoms with Gasteiger partial charge in [-0.1, -0.05) is 0 Å². The van der Waals surface area contributed by atoms with E-state index in [2.05, 4.69) is 10.3 Å². The van der Waals surface area contributed by atoms with Crippen molar-refractivity contribution in [1.82, 2.24) is 10.3 Å². The lowest BCUT2D eigenvalue weighted by Gasteiger charge is -2.02. The Balaban J connectivity index is 1.78. The number of furan rings is 1. The number of thiazole rings is 1. The zero-order valence-electron chi connectivity index (χ0n) is 10.7. The van der Waals surface area contributed by atoms with Crippen molar-refractivity contribution in [2.45, 2.75) is 19.3 Å². The van der Waals surface area contributed by atoms with Crippen molar-refractivity contribution in [1.29, 1.82) is 0 Å².